The van der Waals surface area contributed by atoms with Crippen molar-refractivity contribution >= 4 is 10.0 Å². The Morgan fingerprint density at radius 3 is 2.68 bits per heavy atom. The van der Waals surface area contributed by atoms with Crippen LogP contribution in [0.25, 0.3) is 0 Å². The van der Waals surface area contributed by atoms with Gasteiger partial charge in [-0.1, -0.05) is 25.1 Å². The lowest BCUT2D eigenvalue weighted by Crippen LogP contribution is -2.38. The van der Waals surface area contributed by atoms with Crippen LogP contribution in [0.1, 0.15) is 24.5 Å². The van der Waals surface area contributed by atoms with Crippen LogP contribution >= 0.6 is 0 Å². The summed E-state index contributed by atoms with van der Waals surface area (Å²) in [7, 11) is -1.95. The Hall–Kier alpha value is -1.42. The zero-order chi connectivity index (χ0) is 14.3. The van der Waals surface area contributed by atoms with E-state index in [-0.39, 0.29) is 11.8 Å². The molecule has 0 aromatic heterocycles. The fraction of sp³-hybridized carbons (Fsp3) is 0.462. The van der Waals surface area contributed by atoms with Crippen LogP contribution in [-0.2, 0) is 20.5 Å². The predicted octanol–water partition coefficient (Wildman–Crippen LogP) is 1.40. The van der Waals surface area contributed by atoms with Gasteiger partial charge >= 0.3 is 0 Å². The van der Waals surface area contributed by atoms with Crippen molar-refractivity contribution < 1.29 is 13.2 Å². The maximum atomic E-state index is 12.0. The van der Waals surface area contributed by atoms with Crippen LogP contribution in [0.5, 0.6) is 0 Å². The van der Waals surface area contributed by atoms with Gasteiger partial charge in [-0.15, -0.1) is 0 Å². The molecule has 0 amide bonds. The quantitative estimate of drug-likeness (QED) is 0.820. The van der Waals surface area contributed by atoms with Gasteiger partial charge < -0.3 is 4.74 Å². The molecule has 1 aromatic rings. The first-order valence-corrected chi connectivity index (χ1v) is 7.64. The van der Waals surface area contributed by atoms with Crippen molar-refractivity contribution in [2.24, 2.45) is 0 Å². The van der Waals surface area contributed by atoms with Crippen molar-refractivity contribution in [2.75, 3.05) is 13.7 Å². The summed E-state index contributed by atoms with van der Waals surface area (Å²) >= 11 is 0. The third kappa shape index (κ3) is 4.99. The van der Waals surface area contributed by atoms with Crippen LogP contribution in [0.3, 0.4) is 0 Å². The second-order valence-corrected chi connectivity index (χ2v) is 5.96. The molecular formula is C13H18N2O3S. The molecule has 0 spiro atoms. The number of benzene rings is 1. The SMILES string of the molecule is CCC(COC)NS(=O)(=O)Cc1ccccc1C#N. The fourth-order valence-corrected chi connectivity index (χ4v) is 3.18. The zero-order valence-corrected chi connectivity index (χ0v) is 11.9. The van der Waals surface area contributed by atoms with Crippen molar-refractivity contribution in [1.82, 2.24) is 4.72 Å². The molecule has 19 heavy (non-hydrogen) atoms. The number of nitrogens with zero attached hydrogens (tertiary/aromatic N) is 1. The highest BCUT2D eigenvalue weighted by molar-refractivity contribution is 7.88. The lowest BCUT2D eigenvalue weighted by molar-refractivity contribution is 0.173. The second-order valence-electron chi connectivity index (χ2n) is 4.21. The first-order chi connectivity index (χ1) is 9.02. The number of hydrogen-bond acceptors (Lipinski definition) is 4. The van der Waals surface area contributed by atoms with Gasteiger partial charge in [-0.05, 0) is 18.1 Å². The normalized spacial score (nSPS) is 12.9. The van der Waals surface area contributed by atoms with E-state index < -0.39 is 10.0 Å². The molecule has 0 saturated carbocycles. The summed E-state index contributed by atoms with van der Waals surface area (Å²) in [6, 6.07) is 8.43. The average molecular weight is 282 g/mol. The van der Waals surface area contributed by atoms with Gasteiger partial charge in [0.05, 0.1) is 24.0 Å². The van der Waals surface area contributed by atoms with E-state index in [0.717, 1.165) is 0 Å². The highest BCUT2D eigenvalue weighted by Crippen LogP contribution is 2.11. The first kappa shape index (κ1) is 15.6. The second kappa shape index (κ2) is 7.24. The van der Waals surface area contributed by atoms with Gasteiger partial charge in [-0.3, -0.25) is 0 Å². The molecule has 1 aromatic carbocycles. The number of ether oxygens (including phenoxy) is 1. The van der Waals surface area contributed by atoms with Crippen LogP contribution in [0.15, 0.2) is 24.3 Å². The van der Waals surface area contributed by atoms with Gasteiger partial charge in [0.2, 0.25) is 10.0 Å². The number of nitrogens with one attached hydrogen (secondary N) is 1. The minimum Gasteiger partial charge on any atom is -0.383 e. The maximum Gasteiger partial charge on any atom is 0.216 e. The average Bonchev–Trinajstić information content (AvgIpc) is 2.38. The fourth-order valence-electron chi connectivity index (χ4n) is 1.69. The van der Waals surface area contributed by atoms with E-state index in [4.69, 9.17) is 10.00 Å². The molecule has 5 nitrogen and oxygen atoms in total. The highest BCUT2D eigenvalue weighted by Gasteiger charge is 2.18. The van der Waals surface area contributed by atoms with Crippen molar-refractivity contribution in [3.8, 4) is 6.07 Å². The Morgan fingerprint density at radius 1 is 1.42 bits per heavy atom. The van der Waals surface area contributed by atoms with E-state index in [2.05, 4.69) is 4.72 Å². The summed E-state index contributed by atoms with van der Waals surface area (Å²) in [4.78, 5) is 0. The van der Waals surface area contributed by atoms with Crippen LogP contribution in [-0.4, -0.2) is 28.2 Å². The van der Waals surface area contributed by atoms with Gasteiger partial charge in [0, 0.05) is 13.2 Å². The molecule has 1 atom stereocenters. The zero-order valence-electron chi connectivity index (χ0n) is 11.1. The molecule has 0 bridgehead atoms. The minimum absolute atomic E-state index is 0.197. The molecule has 104 valence electrons. The summed E-state index contributed by atoms with van der Waals surface area (Å²) in [5.74, 6) is -0.197. The van der Waals surface area contributed by atoms with Crippen molar-refractivity contribution in [1.29, 1.82) is 5.26 Å². The third-order valence-electron chi connectivity index (χ3n) is 2.69. The molecule has 0 saturated heterocycles. The summed E-state index contributed by atoms with van der Waals surface area (Å²) in [6.45, 7) is 2.21. The molecule has 1 unspecified atom stereocenters. The van der Waals surface area contributed by atoms with Gasteiger partial charge in [0.25, 0.3) is 0 Å². The van der Waals surface area contributed by atoms with E-state index in [0.29, 0.717) is 24.2 Å². The summed E-state index contributed by atoms with van der Waals surface area (Å²) in [6.07, 6.45) is 0.646. The Bertz CT molecular complexity index is 549. The molecule has 0 heterocycles. The topological polar surface area (TPSA) is 79.2 Å². The van der Waals surface area contributed by atoms with Crippen LogP contribution in [0.4, 0.5) is 0 Å². The molecule has 0 aliphatic carbocycles. The first-order valence-electron chi connectivity index (χ1n) is 5.99. The van der Waals surface area contributed by atoms with Crippen molar-refractivity contribution in [3.05, 3.63) is 35.4 Å². The largest absolute Gasteiger partial charge is 0.383 e. The summed E-state index contributed by atoms with van der Waals surface area (Å²) in [5.41, 5.74) is 0.887. The van der Waals surface area contributed by atoms with E-state index in [1.165, 1.54) is 7.11 Å². The summed E-state index contributed by atoms with van der Waals surface area (Å²) in [5, 5.41) is 8.94. The monoisotopic (exact) mass is 282 g/mol. The molecule has 0 aliphatic rings. The molecule has 0 fully saturated rings. The Labute approximate surface area is 114 Å². The molecule has 0 aliphatic heterocycles. The maximum absolute atomic E-state index is 12.0. The lowest BCUT2D eigenvalue weighted by Gasteiger charge is -2.16. The smallest absolute Gasteiger partial charge is 0.216 e. The van der Waals surface area contributed by atoms with Gasteiger partial charge in [0.15, 0.2) is 0 Å². The lowest BCUT2D eigenvalue weighted by atomic mass is 10.1. The van der Waals surface area contributed by atoms with Crippen LogP contribution in [0.2, 0.25) is 0 Å². The van der Waals surface area contributed by atoms with E-state index in [9.17, 15) is 8.42 Å². The predicted molar refractivity (Wildman–Crippen MR) is 72.9 cm³/mol. The van der Waals surface area contributed by atoms with Crippen LogP contribution < -0.4 is 4.72 Å². The van der Waals surface area contributed by atoms with Crippen LogP contribution in [0, 0.1) is 11.3 Å². The Kier molecular flexibility index (Phi) is 5.96. The number of hydrogen-bond donors (Lipinski definition) is 1. The third-order valence-corrected chi connectivity index (χ3v) is 4.07. The van der Waals surface area contributed by atoms with E-state index in [1.807, 2.05) is 13.0 Å². The molecular weight excluding hydrogens is 264 g/mol. The molecule has 1 rings (SSSR count). The number of nitriles is 1. The number of sulfonamides is 1. The highest BCUT2D eigenvalue weighted by atomic mass is 32.2. The van der Waals surface area contributed by atoms with E-state index >= 15 is 0 Å². The minimum atomic E-state index is -3.48. The van der Waals surface area contributed by atoms with Gasteiger partial charge in [-0.25, -0.2) is 13.1 Å². The Balaban J connectivity index is 2.82. The van der Waals surface area contributed by atoms with Crippen molar-refractivity contribution in [2.45, 2.75) is 25.1 Å². The summed E-state index contributed by atoms with van der Waals surface area (Å²) < 4.78 is 31.6. The molecule has 1 N–H and O–H groups in total. The number of methoxy groups -OCH3 is 1. The van der Waals surface area contributed by atoms with Crippen molar-refractivity contribution in [3.63, 3.8) is 0 Å². The standard InChI is InChI=1S/C13H18N2O3S/c1-3-13(9-18-2)15-19(16,17)10-12-7-5-4-6-11(12)8-14/h4-7,13,15H,3,9-10H2,1-2H3. The van der Waals surface area contributed by atoms with E-state index in [1.54, 1.807) is 24.3 Å². The molecule has 0 radical (unpaired) electrons. The van der Waals surface area contributed by atoms with Gasteiger partial charge in [-0.2, -0.15) is 5.26 Å². The van der Waals surface area contributed by atoms with Gasteiger partial charge in [0.1, 0.15) is 0 Å². The molecule has 6 heteroatoms. The number of rotatable bonds is 7. The Morgan fingerprint density at radius 2 is 2.11 bits per heavy atom.